The minimum absolute atomic E-state index is 0.0255. The summed E-state index contributed by atoms with van der Waals surface area (Å²) < 4.78 is 0. The number of anilines is 1. The second kappa shape index (κ2) is 6.35. The third-order valence-corrected chi connectivity index (χ3v) is 3.81. The van der Waals surface area contributed by atoms with Crippen LogP contribution in [0.1, 0.15) is 20.7 Å². The second-order valence-corrected chi connectivity index (χ2v) is 5.22. The Morgan fingerprint density at radius 1 is 0.952 bits per heavy atom. The van der Waals surface area contributed by atoms with E-state index in [1.807, 2.05) is 0 Å². The van der Waals surface area contributed by atoms with Crippen LogP contribution in [0.25, 0.3) is 0 Å². The van der Waals surface area contributed by atoms with Crippen LogP contribution >= 0.6 is 34.8 Å². The van der Waals surface area contributed by atoms with Crippen LogP contribution in [0.2, 0.25) is 15.1 Å². The predicted octanol–water partition coefficient (Wildman–Crippen LogP) is 4.60. The quantitative estimate of drug-likeness (QED) is 0.855. The number of nitrogens with one attached hydrogen (secondary N) is 1. The van der Waals surface area contributed by atoms with Gasteiger partial charge in [-0.15, -0.1) is 0 Å². The van der Waals surface area contributed by atoms with Gasteiger partial charge < -0.3 is 10.4 Å². The second-order valence-electron chi connectivity index (χ2n) is 4.02. The molecule has 0 radical (unpaired) electrons. The van der Waals surface area contributed by atoms with Gasteiger partial charge in [0.1, 0.15) is 5.56 Å². The first-order valence-corrected chi connectivity index (χ1v) is 6.82. The number of carboxylic acids is 1. The lowest BCUT2D eigenvalue weighted by atomic mass is 10.1. The van der Waals surface area contributed by atoms with Gasteiger partial charge in [0.15, 0.2) is 0 Å². The van der Waals surface area contributed by atoms with Crippen molar-refractivity contribution in [1.82, 2.24) is 0 Å². The van der Waals surface area contributed by atoms with E-state index in [0.29, 0.717) is 0 Å². The zero-order chi connectivity index (χ0) is 15.6. The number of rotatable bonds is 3. The van der Waals surface area contributed by atoms with Crippen molar-refractivity contribution in [2.24, 2.45) is 0 Å². The fourth-order valence-electron chi connectivity index (χ4n) is 1.71. The number of carboxylic acid groups (broad SMARTS) is 1. The lowest BCUT2D eigenvalue weighted by Gasteiger charge is -2.11. The largest absolute Gasteiger partial charge is 0.478 e. The van der Waals surface area contributed by atoms with E-state index in [9.17, 15) is 9.59 Å². The van der Waals surface area contributed by atoms with E-state index in [4.69, 9.17) is 39.9 Å². The van der Waals surface area contributed by atoms with Gasteiger partial charge in [0.25, 0.3) is 5.91 Å². The molecule has 2 aromatic carbocycles. The Kier molecular flexibility index (Phi) is 4.73. The van der Waals surface area contributed by atoms with E-state index in [0.717, 1.165) is 0 Å². The van der Waals surface area contributed by atoms with Gasteiger partial charge in [-0.25, -0.2) is 4.79 Å². The van der Waals surface area contributed by atoms with Crippen LogP contribution in [0, 0.1) is 0 Å². The average molecular weight is 345 g/mol. The molecule has 0 aliphatic rings. The number of hydrogen-bond acceptors (Lipinski definition) is 2. The number of amides is 1. The van der Waals surface area contributed by atoms with Gasteiger partial charge in [0.2, 0.25) is 0 Å². The first kappa shape index (κ1) is 15.6. The van der Waals surface area contributed by atoms with Gasteiger partial charge in [0.05, 0.1) is 26.3 Å². The Hall–Kier alpha value is -1.75. The van der Waals surface area contributed by atoms with Crippen LogP contribution < -0.4 is 5.32 Å². The highest BCUT2D eigenvalue weighted by Crippen LogP contribution is 2.28. The number of benzene rings is 2. The van der Waals surface area contributed by atoms with Crippen molar-refractivity contribution in [2.45, 2.75) is 0 Å². The molecule has 0 saturated carbocycles. The minimum Gasteiger partial charge on any atom is -0.478 e. The maximum Gasteiger partial charge on any atom is 0.339 e. The van der Waals surface area contributed by atoms with E-state index >= 15 is 0 Å². The molecule has 21 heavy (non-hydrogen) atoms. The molecule has 0 aromatic heterocycles. The van der Waals surface area contributed by atoms with Crippen molar-refractivity contribution < 1.29 is 14.7 Å². The van der Waals surface area contributed by atoms with Crippen LogP contribution in [0.4, 0.5) is 5.69 Å². The lowest BCUT2D eigenvalue weighted by Crippen LogP contribution is -2.15. The molecule has 7 heteroatoms. The van der Waals surface area contributed by atoms with E-state index in [1.54, 1.807) is 12.1 Å². The zero-order valence-electron chi connectivity index (χ0n) is 10.4. The van der Waals surface area contributed by atoms with Crippen LogP contribution in [-0.2, 0) is 0 Å². The highest BCUT2D eigenvalue weighted by molar-refractivity contribution is 6.44. The summed E-state index contributed by atoms with van der Waals surface area (Å²) >= 11 is 17.6. The van der Waals surface area contributed by atoms with Crippen molar-refractivity contribution in [1.29, 1.82) is 0 Å². The molecule has 0 aliphatic heterocycles. The van der Waals surface area contributed by atoms with Gasteiger partial charge in [-0.1, -0.05) is 46.9 Å². The standard InChI is InChI=1S/C14H8Cl3NO3/c15-8-4-2-6-10(11(8)14(20)21)18-13(19)7-3-1-5-9(16)12(7)17/h1-6H,(H,18,19)(H,20,21). The molecule has 0 bridgehead atoms. The Morgan fingerprint density at radius 3 is 2.24 bits per heavy atom. The summed E-state index contributed by atoms with van der Waals surface area (Å²) in [6.07, 6.45) is 0. The third-order valence-electron chi connectivity index (χ3n) is 2.67. The summed E-state index contributed by atoms with van der Waals surface area (Å²) in [7, 11) is 0. The number of hydrogen-bond donors (Lipinski definition) is 2. The third kappa shape index (κ3) is 3.29. The normalized spacial score (nSPS) is 10.2. The molecule has 2 aromatic rings. The Morgan fingerprint density at radius 2 is 1.57 bits per heavy atom. The first-order valence-electron chi connectivity index (χ1n) is 5.69. The van der Waals surface area contributed by atoms with Crippen molar-refractivity contribution in [2.75, 3.05) is 5.32 Å². The highest BCUT2D eigenvalue weighted by Gasteiger charge is 2.18. The first-order chi connectivity index (χ1) is 9.91. The summed E-state index contributed by atoms with van der Waals surface area (Å²) in [5.41, 5.74) is 0.0298. The SMILES string of the molecule is O=C(Nc1cccc(Cl)c1C(=O)O)c1cccc(Cl)c1Cl. The molecule has 0 spiro atoms. The molecule has 0 aliphatic carbocycles. The highest BCUT2D eigenvalue weighted by atomic mass is 35.5. The van der Waals surface area contributed by atoms with Crippen molar-refractivity contribution in [3.8, 4) is 0 Å². The van der Waals surface area contributed by atoms with E-state index in [1.165, 1.54) is 24.3 Å². The molecule has 2 rings (SSSR count). The van der Waals surface area contributed by atoms with Gasteiger partial charge >= 0.3 is 5.97 Å². The maximum atomic E-state index is 12.2. The van der Waals surface area contributed by atoms with Crippen LogP contribution in [0.15, 0.2) is 36.4 Å². The lowest BCUT2D eigenvalue weighted by molar-refractivity contribution is 0.0698. The molecule has 2 N–H and O–H groups in total. The van der Waals surface area contributed by atoms with E-state index in [2.05, 4.69) is 5.32 Å². The number of carbonyl (C=O) groups excluding carboxylic acids is 1. The molecule has 1 amide bonds. The number of halogens is 3. The molecule has 0 unspecified atom stereocenters. The van der Waals surface area contributed by atoms with Gasteiger partial charge in [0, 0.05) is 0 Å². The molecule has 4 nitrogen and oxygen atoms in total. The maximum absolute atomic E-state index is 12.2. The predicted molar refractivity (Wildman–Crippen MR) is 82.8 cm³/mol. The van der Waals surface area contributed by atoms with Crippen molar-refractivity contribution >= 4 is 52.4 Å². The molecular weight excluding hydrogens is 337 g/mol. The molecule has 0 heterocycles. The number of aromatic carboxylic acids is 1. The summed E-state index contributed by atoms with van der Waals surface area (Å²) in [6, 6.07) is 8.99. The summed E-state index contributed by atoms with van der Waals surface area (Å²) in [4.78, 5) is 23.4. The fraction of sp³-hybridized carbons (Fsp3) is 0. The molecular formula is C14H8Cl3NO3. The van der Waals surface area contributed by atoms with Crippen molar-refractivity contribution in [3.05, 3.63) is 62.6 Å². The Bertz CT molecular complexity index is 731. The van der Waals surface area contributed by atoms with Crippen LogP contribution in [0.5, 0.6) is 0 Å². The van der Waals surface area contributed by atoms with Crippen LogP contribution in [-0.4, -0.2) is 17.0 Å². The summed E-state index contributed by atoms with van der Waals surface area (Å²) in [5.74, 6) is -1.82. The fourth-order valence-corrected chi connectivity index (χ4v) is 2.36. The average Bonchev–Trinajstić information content (AvgIpc) is 2.41. The van der Waals surface area contributed by atoms with Gasteiger partial charge in [-0.2, -0.15) is 0 Å². The Balaban J connectivity index is 2.39. The summed E-state index contributed by atoms with van der Waals surface area (Å²) in [5, 5.41) is 12.0. The molecule has 0 fully saturated rings. The van der Waals surface area contributed by atoms with Crippen molar-refractivity contribution in [3.63, 3.8) is 0 Å². The summed E-state index contributed by atoms with van der Waals surface area (Å²) in [6.45, 7) is 0. The molecule has 0 atom stereocenters. The Labute approximate surface area is 135 Å². The minimum atomic E-state index is -1.24. The number of carbonyl (C=O) groups is 2. The smallest absolute Gasteiger partial charge is 0.339 e. The van der Waals surface area contributed by atoms with Gasteiger partial charge in [-0.3, -0.25) is 4.79 Å². The monoisotopic (exact) mass is 343 g/mol. The molecule has 108 valence electrons. The topological polar surface area (TPSA) is 66.4 Å². The van der Waals surface area contributed by atoms with E-state index in [-0.39, 0.29) is 31.9 Å². The van der Waals surface area contributed by atoms with Gasteiger partial charge in [-0.05, 0) is 24.3 Å². The van der Waals surface area contributed by atoms with E-state index < -0.39 is 11.9 Å². The zero-order valence-corrected chi connectivity index (χ0v) is 12.6. The molecule has 0 saturated heterocycles. The van der Waals surface area contributed by atoms with Crippen LogP contribution in [0.3, 0.4) is 0 Å².